The first-order chi connectivity index (χ1) is 8.52. The second-order valence-electron chi connectivity index (χ2n) is 5.35. The van der Waals surface area contributed by atoms with Crippen molar-refractivity contribution >= 4 is 5.82 Å². The normalized spacial score (nSPS) is 21.4. The maximum Gasteiger partial charge on any atom is 0.134 e. The Bertz CT molecular complexity index is 433. The molecule has 0 aliphatic carbocycles. The highest BCUT2D eigenvalue weighted by atomic mass is 16.3. The van der Waals surface area contributed by atoms with Gasteiger partial charge in [0.1, 0.15) is 5.82 Å². The molecule has 1 saturated heterocycles. The van der Waals surface area contributed by atoms with Crippen LogP contribution < -0.4 is 4.90 Å². The average Bonchev–Trinajstić information content (AvgIpc) is 2.28. The Hall–Kier alpha value is -1.13. The predicted molar refractivity (Wildman–Crippen MR) is 73.9 cm³/mol. The lowest BCUT2D eigenvalue weighted by molar-refractivity contribution is 0.267. The van der Waals surface area contributed by atoms with Crippen molar-refractivity contribution in [2.75, 3.05) is 31.6 Å². The summed E-state index contributed by atoms with van der Waals surface area (Å²) in [5, 5.41) is 9.58. The molecule has 0 spiro atoms. The highest BCUT2D eigenvalue weighted by Gasteiger charge is 2.25. The van der Waals surface area contributed by atoms with E-state index in [2.05, 4.69) is 28.8 Å². The van der Waals surface area contributed by atoms with Gasteiger partial charge in [0.15, 0.2) is 0 Å². The zero-order valence-corrected chi connectivity index (χ0v) is 11.8. The quantitative estimate of drug-likeness (QED) is 0.858. The van der Waals surface area contributed by atoms with Gasteiger partial charge >= 0.3 is 0 Å². The van der Waals surface area contributed by atoms with Crippen LogP contribution in [0.5, 0.6) is 0 Å². The van der Waals surface area contributed by atoms with Gasteiger partial charge in [0.2, 0.25) is 0 Å². The highest BCUT2D eigenvalue weighted by molar-refractivity contribution is 5.52. The number of rotatable bonds is 2. The van der Waals surface area contributed by atoms with Gasteiger partial charge in [0, 0.05) is 36.9 Å². The number of aliphatic hydroxyl groups excluding tert-OH is 1. The van der Waals surface area contributed by atoms with Crippen molar-refractivity contribution in [3.8, 4) is 0 Å². The zero-order chi connectivity index (χ0) is 13.3. The summed E-state index contributed by atoms with van der Waals surface area (Å²) in [6, 6.07) is 2.47. The fourth-order valence-corrected chi connectivity index (χ4v) is 2.73. The molecule has 100 valence electrons. The van der Waals surface area contributed by atoms with Crippen molar-refractivity contribution < 1.29 is 5.11 Å². The van der Waals surface area contributed by atoms with Crippen LogP contribution in [0, 0.1) is 13.8 Å². The molecule has 1 atom stereocenters. The van der Waals surface area contributed by atoms with Crippen molar-refractivity contribution in [2.24, 2.45) is 0 Å². The molecule has 0 amide bonds. The molecule has 2 heterocycles. The van der Waals surface area contributed by atoms with Crippen LogP contribution in [-0.2, 0) is 6.61 Å². The monoisotopic (exact) mass is 249 g/mol. The van der Waals surface area contributed by atoms with Crippen molar-refractivity contribution in [1.29, 1.82) is 0 Å². The van der Waals surface area contributed by atoms with Crippen LogP contribution in [0.1, 0.15) is 23.7 Å². The van der Waals surface area contributed by atoms with E-state index in [9.17, 15) is 5.11 Å². The molecule has 0 bridgehead atoms. The van der Waals surface area contributed by atoms with Gasteiger partial charge in [-0.25, -0.2) is 4.98 Å². The van der Waals surface area contributed by atoms with E-state index in [4.69, 9.17) is 0 Å². The van der Waals surface area contributed by atoms with E-state index in [0.29, 0.717) is 6.04 Å². The predicted octanol–water partition coefficient (Wildman–Crippen LogP) is 1.33. The molecule has 1 fully saturated rings. The molecular formula is C14H23N3O. The van der Waals surface area contributed by atoms with E-state index in [1.165, 1.54) is 0 Å². The molecule has 0 radical (unpaired) electrons. The molecule has 0 aromatic carbocycles. The van der Waals surface area contributed by atoms with Gasteiger partial charge in [-0.2, -0.15) is 0 Å². The Morgan fingerprint density at radius 3 is 2.72 bits per heavy atom. The van der Waals surface area contributed by atoms with Crippen molar-refractivity contribution in [3.05, 3.63) is 22.9 Å². The molecule has 1 N–H and O–H groups in total. The van der Waals surface area contributed by atoms with Gasteiger partial charge in [-0.15, -0.1) is 0 Å². The maximum atomic E-state index is 9.58. The van der Waals surface area contributed by atoms with E-state index in [1.807, 2.05) is 19.9 Å². The third-order valence-corrected chi connectivity index (χ3v) is 3.71. The summed E-state index contributed by atoms with van der Waals surface area (Å²) in [7, 11) is 2.15. The highest BCUT2D eigenvalue weighted by Crippen LogP contribution is 2.25. The lowest BCUT2D eigenvalue weighted by Gasteiger charge is -2.40. The number of aromatic nitrogens is 1. The minimum Gasteiger partial charge on any atom is -0.392 e. The minimum absolute atomic E-state index is 0.0630. The topological polar surface area (TPSA) is 39.6 Å². The molecule has 1 unspecified atom stereocenters. The number of pyridine rings is 1. The van der Waals surface area contributed by atoms with Crippen LogP contribution in [0.3, 0.4) is 0 Å². The fraction of sp³-hybridized carbons (Fsp3) is 0.643. The molecule has 1 aliphatic heterocycles. The van der Waals surface area contributed by atoms with Gasteiger partial charge in [-0.1, -0.05) is 0 Å². The molecule has 18 heavy (non-hydrogen) atoms. The zero-order valence-electron chi connectivity index (χ0n) is 11.8. The van der Waals surface area contributed by atoms with Crippen molar-refractivity contribution in [1.82, 2.24) is 9.88 Å². The summed E-state index contributed by atoms with van der Waals surface area (Å²) >= 11 is 0. The van der Waals surface area contributed by atoms with Gasteiger partial charge in [0.05, 0.1) is 6.61 Å². The molecule has 0 saturated carbocycles. The summed E-state index contributed by atoms with van der Waals surface area (Å²) in [4.78, 5) is 9.31. The Kier molecular flexibility index (Phi) is 3.88. The first kappa shape index (κ1) is 13.3. The summed E-state index contributed by atoms with van der Waals surface area (Å²) in [5.41, 5.74) is 3.12. The van der Waals surface area contributed by atoms with Gasteiger partial charge < -0.3 is 14.9 Å². The van der Waals surface area contributed by atoms with E-state index < -0.39 is 0 Å². The van der Waals surface area contributed by atoms with Gasteiger partial charge in [0.25, 0.3) is 0 Å². The number of anilines is 1. The minimum atomic E-state index is 0.0630. The maximum absolute atomic E-state index is 9.58. The Morgan fingerprint density at radius 2 is 2.11 bits per heavy atom. The van der Waals surface area contributed by atoms with Crippen LogP contribution in [0.4, 0.5) is 5.82 Å². The Labute approximate surface area is 109 Å². The lowest BCUT2D eigenvalue weighted by Crippen LogP contribution is -2.51. The number of piperazine rings is 1. The number of hydrogen-bond donors (Lipinski definition) is 1. The molecule has 1 aromatic heterocycles. The number of aryl methyl sites for hydroxylation is 2. The third-order valence-electron chi connectivity index (χ3n) is 3.71. The third kappa shape index (κ3) is 2.49. The SMILES string of the molecule is Cc1cc(C)c(CO)c(N2CCN(C)CC2C)n1. The van der Waals surface area contributed by atoms with Crippen LogP contribution in [-0.4, -0.2) is 47.7 Å². The number of likely N-dealkylation sites (N-methyl/N-ethyl adjacent to an activating group) is 1. The molecule has 1 aromatic rings. The average molecular weight is 249 g/mol. The summed E-state index contributed by atoms with van der Waals surface area (Å²) < 4.78 is 0. The largest absolute Gasteiger partial charge is 0.392 e. The summed E-state index contributed by atoms with van der Waals surface area (Å²) in [5.74, 6) is 0.968. The van der Waals surface area contributed by atoms with Gasteiger partial charge in [-0.05, 0) is 39.4 Å². The van der Waals surface area contributed by atoms with Crippen molar-refractivity contribution in [3.63, 3.8) is 0 Å². The Balaban J connectivity index is 2.37. The second-order valence-corrected chi connectivity index (χ2v) is 5.35. The number of aliphatic hydroxyl groups is 1. The molecule has 4 heteroatoms. The summed E-state index contributed by atoms with van der Waals surface area (Å²) in [6.45, 7) is 9.40. The van der Waals surface area contributed by atoms with E-state index in [0.717, 1.165) is 42.3 Å². The molecule has 1 aliphatic rings. The van der Waals surface area contributed by atoms with Gasteiger partial charge in [-0.3, -0.25) is 0 Å². The standard InChI is InChI=1S/C14H23N3O/c1-10-7-11(2)15-14(13(10)9-18)17-6-5-16(4)8-12(17)3/h7,12,18H,5-6,8-9H2,1-4H3. The van der Waals surface area contributed by atoms with E-state index in [-0.39, 0.29) is 6.61 Å². The van der Waals surface area contributed by atoms with E-state index >= 15 is 0 Å². The fourth-order valence-electron chi connectivity index (χ4n) is 2.73. The van der Waals surface area contributed by atoms with E-state index in [1.54, 1.807) is 0 Å². The number of hydrogen-bond acceptors (Lipinski definition) is 4. The first-order valence-corrected chi connectivity index (χ1v) is 6.56. The second kappa shape index (κ2) is 5.24. The molecule has 4 nitrogen and oxygen atoms in total. The molecular weight excluding hydrogens is 226 g/mol. The lowest BCUT2D eigenvalue weighted by atomic mass is 10.1. The summed E-state index contributed by atoms with van der Waals surface area (Å²) in [6.07, 6.45) is 0. The Morgan fingerprint density at radius 1 is 1.39 bits per heavy atom. The van der Waals surface area contributed by atoms with Crippen molar-refractivity contribution in [2.45, 2.75) is 33.4 Å². The van der Waals surface area contributed by atoms with Crippen LogP contribution in [0.25, 0.3) is 0 Å². The molecule has 2 rings (SSSR count). The smallest absolute Gasteiger partial charge is 0.134 e. The van der Waals surface area contributed by atoms with Crippen LogP contribution >= 0.6 is 0 Å². The van der Waals surface area contributed by atoms with Crippen LogP contribution in [0.2, 0.25) is 0 Å². The number of nitrogens with zero attached hydrogens (tertiary/aromatic N) is 3. The van der Waals surface area contributed by atoms with Crippen LogP contribution in [0.15, 0.2) is 6.07 Å². The first-order valence-electron chi connectivity index (χ1n) is 6.56.